The summed E-state index contributed by atoms with van der Waals surface area (Å²) in [7, 11) is 0. The first-order valence-corrected chi connectivity index (χ1v) is 15.2. The molecule has 0 aliphatic carbocycles. The summed E-state index contributed by atoms with van der Waals surface area (Å²) in [6, 6.07) is 0. The first-order chi connectivity index (χ1) is 21.4. The van der Waals surface area contributed by atoms with Gasteiger partial charge in [-0.1, -0.05) is 53.0 Å². The van der Waals surface area contributed by atoms with E-state index < -0.39 is 71.1 Å². The third kappa shape index (κ3) is 19.1. The van der Waals surface area contributed by atoms with Crippen LogP contribution in [0.1, 0.15) is 92.9 Å². The van der Waals surface area contributed by atoms with E-state index >= 15 is 0 Å². The summed E-state index contributed by atoms with van der Waals surface area (Å²) in [6.07, 6.45) is 3.65. The monoisotopic (exact) mass is 674 g/mol. The molecule has 260 valence electrons. The number of carbonyl (C=O) groups excluding carboxylic acids is 6. The van der Waals surface area contributed by atoms with Gasteiger partial charge in [0, 0.05) is 47.1 Å². The second-order valence-electron chi connectivity index (χ2n) is 11.3. The molecule has 0 saturated carbocycles. The topological polar surface area (TPSA) is 185 Å². The quantitative estimate of drug-likeness (QED) is 0.0709. The predicted octanol–water partition coefficient (Wildman–Crippen LogP) is 2.70. The Morgan fingerprint density at radius 3 is 0.851 bits per heavy atom. The number of ether oxygens (including phenoxy) is 4. The van der Waals surface area contributed by atoms with E-state index in [9.17, 15) is 39.0 Å². The molecule has 0 spiro atoms. The van der Waals surface area contributed by atoms with Crippen LogP contribution in [0.4, 0.5) is 0 Å². The van der Waals surface area contributed by atoms with E-state index in [1.807, 2.05) is 13.8 Å². The van der Waals surface area contributed by atoms with Crippen LogP contribution in [0, 0.1) is 10.8 Å². The van der Waals surface area contributed by atoms with E-state index in [0.29, 0.717) is 25.7 Å². The summed E-state index contributed by atoms with van der Waals surface area (Å²) in [5.74, 6) is -4.97. The Balaban J connectivity index is -0.000000807. The van der Waals surface area contributed by atoms with Crippen molar-refractivity contribution in [1.82, 2.24) is 0 Å². The smallest absolute Gasteiger partial charge is 0.550 e. The van der Waals surface area contributed by atoms with E-state index in [4.69, 9.17) is 18.9 Å². The van der Waals surface area contributed by atoms with Crippen molar-refractivity contribution in [3.8, 4) is 0 Å². The van der Waals surface area contributed by atoms with Gasteiger partial charge in [-0.05, 0) is 66.2 Å². The number of carboxylic acid groups (broad SMARTS) is 2. The van der Waals surface area contributed by atoms with Gasteiger partial charge in [0.1, 0.15) is 24.4 Å². The molecule has 0 amide bonds. The molecule has 12 nitrogen and oxygen atoms in total. The maximum atomic E-state index is 11.8. The third-order valence-corrected chi connectivity index (χ3v) is 6.97. The van der Waals surface area contributed by atoms with E-state index in [1.54, 1.807) is 27.7 Å². The van der Waals surface area contributed by atoms with E-state index in [1.165, 1.54) is 0 Å². The summed E-state index contributed by atoms with van der Waals surface area (Å²) >= 11 is 0. The standard InChI is InChI=1S/2C17H26O6.Mg/c2*1-6-9-17(16(20)21,10-12(4)22-14(18)7-2)11-13(5)23-15(19)8-3;/h2*7-8,12-13H,2-3,6,9-11H2,1,4-5H3,(H,20,21);/q;;+2/p-2. The van der Waals surface area contributed by atoms with E-state index in [0.717, 1.165) is 24.3 Å². The van der Waals surface area contributed by atoms with Gasteiger partial charge in [-0.25, -0.2) is 19.2 Å². The second-order valence-corrected chi connectivity index (χ2v) is 11.3. The number of esters is 4. The Kier molecular flexibility index (Phi) is 25.2. The number of rotatable bonds is 22. The molecule has 0 N–H and O–H groups in total. The summed E-state index contributed by atoms with van der Waals surface area (Å²) in [6.45, 7) is 23.3. The van der Waals surface area contributed by atoms with Gasteiger partial charge >= 0.3 is 46.9 Å². The number of hydrogen-bond donors (Lipinski definition) is 0. The molecule has 0 radical (unpaired) electrons. The van der Waals surface area contributed by atoms with Gasteiger partial charge in [0.2, 0.25) is 0 Å². The molecule has 13 heteroatoms. The van der Waals surface area contributed by atoms with Crippen molar-refractivity contribution in [3.63, 3.8) is 0 Å². The van der Waals surface area contributed by atoms with Gasteiger partial charge in [-0.15, -0.1) is 0 Å². The minimum absolute atomic E-state index is 0. The van der Waals surface area contributed by atoms with Crippen LogP contribution in [0.25, 0.3) is 0 Å². The zero-order valence-corrected chi connectivity index (χ0v) is 30.1. The van der Waals surface area contributed by atoms with Crippen LogP contribution in [-0.4, -0.2) is 83.3 Å². The Bertz CT molecular complexity index is 939. The molecule has 0 heterocycles. The molecule has 0 aromatic carbocycles. The van der Waals surface area contributed by atoms with Crippen LogP contribution < -0.4 is 10.2 Å². The Morgan fingerprint density at radius 1 is 0.532 bits per heavy atom. The maximum absolute atomic E-state index is 11.8. The summed E-state index contributed by atoms with van der Waals surface area (Å²) in [5, 5.41) is 23.5. The van der Waals surface area contributed by atoms with Gasteiger partial charge in [-0.3, -0.25) is 0 Å². The van der Waals surface area contributed by atoms with Crippen molar-refractivity contribution < 1.29 is 57.9 Å². The molecule has 0 aliphatic heterocycles. The second kappa shape index (κ2) is 24.7. The van der Waals surface area contributed by atoms with Crippen molar-refractivity contribution in [1.29, 1.82) is 0 Å². The Labute approximate surface area is 294 Å². The van der Waals surface area contributed by atoms with Gasteiger partial charge in [-0.2, -0.15) is 0 Å². The van der Waals surface area contributed by atoms with Crippen molar-refractivity contribution in [2.24, 2.45) is 10.8 Å². The van der Waals surface area contributed by atoms with Gasteiger partial charge in [0.25, 0.3) is 0 Å². The fourth-order valence-electron chi connectivity index (χ4n) is 5.42. The van der Waals surface area contributed by atoms with Crippen LogP contribution in [0.3, 0.4) is 0 Å². The molecule has 0 rings (SSSR count). The van der Waals surface area contributed by atoms with Crippen LogP contribution in [0.5, 0.6) is 0 Å². The maximum Gasteiger partial charge on any atom is 2.00 e. The Morgan fingerprint density at radius 2 is 0.723 bits per heavy atom. The molecule has 4 atom stereocenters. The van der Waals surface area contributed by atoms with E-state index in [-0.39, 0.29) is 48.7 Å². The van der Waals surface area contributed by atoms with Crippen LogP contribution in [0.15, 0.2) is 50.6 Å². The van der Waals surface area contributed by atoms with Gasteiger partial charge in [0.05, 0.1) is 0 Å². The first-order valence-electron chi connectivity index (χ1n) is 15.2. The number of carbonyl (C=O) groups is 6. The summed E-state index contributed by atoms with van der Waals surface area (Å²) in [4.78, 5) is 68.6. The molecule has 0 aromatic heterocycles. The molecule has 47 heavy (non-hydrogen) atoms. The Hall–Kier alpha value is -3.45. The number of carboxylic acids is 2. The summed E-state index contributed by atoms with van der Waals surface area (Å²) < 4.78 is 20.3. The predicted molar refractivity (Wildman–Crippen MR) is 172 cm³/mol. The SMILES string of the molecule is C=CC(=O)OC(C)CC(CCC)(CC(C)OC(=O)C=C)C(=O)[O-].C=CC(=O)OC(C)CC(CCC)(CC(C)OC(=O)C=C)C(=O)[O-].[Mg+2]. The zero-order valence-electron chi connectivity index (χ0n) is 28.7. The summed E-state index contributed by atoms with van der Waals surface area (Å²) in [5.41, 5.74) is -2.51. The van der Waals surface area contributed by atoms with Crippen molar-refractivity contribution in [2.45, 2.75) is 117 Å². The largest absolute Gasteiger partial charge is 2.00 e. The van der Waals surface area contributed by atoms with Crippen LogP contribution >= 0.6 is 0 Å². The molecule has 4 unspecified atom stereocenters. The molecule has 0 aliphatic rings. The average Bonchev–Trinajstić information content (AvgIpc) is 2.96. The zero-order chi connectivity index (χ0) is 36.1. The van der Waals surface area contributed by atoms with Crippen molar-refractivity contribution >= 4 is 58.9 Å². The average molecular weight is 675 g/mol. The minimum Gasteiger partial charge on any atom is -0.550 e. The minimum atomic E-state index is -1.25. The molecule has 0 fully saturated rings. The first kappa shape index (κ1) is 47.9. The van der Waals surface area contributed by atoms with Gasteiger partial charge < -0.3 is 38.7 Å². The van der Waals surface area contributed by atoms with E-state index in [2.05, 4.69) is 26.3 Å². The molecular weight excluding hydrogens is 625 g/mol. The fraction of sp³-hybridized carbons (Fsp3) is 0.588. The molecular formula is C34H50MgO12. The third-order valence-electron chi connectivity index (χ3n) is 6.97. The fourth-order valence-corrected chi connectivity index (χ4v) is 5.42. The number of aliphatic carboxylic acids is 2. The van der Waals surface area contributed by atoms with Crippen molar-refractivity contribution in [3.05, 3.63) is 50.6 Å². The number of hydrogen-bond acceptors (Lipinski definition) is 12. The normalized spacial score (nSPS) is 15.3. The molecule has 0 saturated heterocycles. The van der Waals surface area contributed by atoms with Crippen LogP contribution in [-0.2, 0) is 47.7 Å². The van der Waals surface area contributed by atoms with Crippen molar-refractivity contribution in [2.75, 3.05) is 0 Å². The van der Waals surface area contributed by atoms with Crippen LogP contribution in [0.2, 0.25) is 0 Å². The molecule has 0 aromatic rings. The molecule has 0 bridgehead atoms. The van der Waals surface area contributed by atoms with Gasteiger partial charge in [0.15, 0.2) is 0 Å².